The molecule has 0 aliphatic carbocycles. The van der Waals surface area contributed by atoms with Crippen molar-refractivity contribution in [3.63, 3.8) is 0 Å². The summed E-state index contributed by atoms with van der Waals surface area (Å²) in [4.78, 5) is 35.4. The van der Waals surface area contributed by atoms with Gasteiger partial charge in [0.1, 0.15) is 5.69 Å². The SMILES string of the molecule is Cc1ccc(NC(=O)C[C@H]2Sc3ccc(C(F)(F)F)cc3NC2=O)c([N+](=O)[O-])c1. The van der Waals surface area contributed by atoms with Gasteiger partial charge in [-0.15, -0.1) is 11.8 Å². The maximum absolute atomic E-state index is 12.8. The molecule has 1 aliphatic rings. The summed E-state index contributed by atoms with van der Waals surface area (Å²) in [5, 5.41) is 15.1. The van der Waals surface area contributed by atoms with Crippen LogP contribution in [-0.4, -0.2) is 22.0 Å². The number of hydrogen-bond donors (Lipinski definition) is 2. The molecule has 0 fully saturated rings. The second-order valence-corrected chi connectivity index (χ2v) is 7.58. The summed E-state index contributed by atoms with van der Waals surface area (Å²) in [6.07, 6.45) is -4.84. The van der Waals surface area contributed by atoms with E-state index in [1.807, 2.05) is 0 Å². The maximum Gasteiger partial charge on any atom is 0.416 e. The molecule has 3 rings (SSSR count). The number of carbonyl (C=O) groups excluding carboxylic acids is 2. The van der Waals surface area contributed by atoms with E-state index in [4.69, 9.17) is 0 Å². The molecule has 2 N–H and O–H groups in total. The van der Waals surface area contributed by atoms with E-state index in [0.29, 0.717) is 10.5 Å². The van der Waals surface area contributed by atoms with Gasteiger partial charge in [0.15, 0.2) is 0 Å². The zero-order valence-electron chi connectivity index (χ0n) is 14.9. The Morgan fingerprint density at radius 3 is 2.66 bits per heavy atom. The minimum absolute atomic E-state index is 0.00189. The third kappa shape index (κ3) is 4.67. The van der Waals surface area contributed by atoms with Crippen molar-refractivity contribution >= 4 is 40.6 Å². The Labute approximate surface area is 166 Å². The summed E-state index contributed by atoms with van der Waals surface area (Å²) < 4.78 is 38.4. The Morgan fingerprint density at radius 1 is 1.28 bits per heavy atom. The normalized spacial score (nSPS) is 16.0. The van der Waals surface area contributed by atoms with Crippen LogP contribution in [0.5, 0.6) is 0 Å². The van der Waals surface area contributed by atoms with Crippen LogP contribution in [0.2, 0.25) is 0 Å². The molecule has 0 unspecified atom stereocenters. The lowest BCUT2D eigenvalue weighted by atomic mass is 10.1. The molecule has 0 saturated heterocycles. The Morgan fingerprint density at radius 2 is 2.00 bits per heavy atom. The summed E-state index contributed by atoms with van der Waals surface area (Å²) in [5.74, 6) is -1.24. The van der Waals surface area contributed by atoms with Crippen molar-refractivity contribution in [2.75, 3.05) is 10.6 Å². The highest BCUT2D eigenvalue weighted by molar-refractivity contribution is 8.01. The van der Waals surface area contributed by atoms with Crippen LogP contribution in [0.1, 0.15) is 17.5 Å². The summed E-state index contributed by atoms with van der Waals surface area (Å²) in [5.41, 5.74) is -0.487. The highest BCUT2D eigenvalue weighted by Gasteiger charge is 2.34. The number of amides is 2. The van der Waals surface area contributed by atoms with Gasteiger partial charge >= 0.3 is 6.18 Å². The Balaban J connectivity index is 1.73. The molecular weight excluding hydrogens is 411 g/mol. The average Bonchev–Trinajstić information content (AvgIpc) is 2.62. The van der Waals surface area contributed by atoms with Crippen molar-refractivity contribution in [3.8, 4) is 0 Å². The second kappa shape index (κ2) is 7.74. The van der Waals surface area contributed by atoms with Gasteiger partial charge < -0.3 is 10.6 Å². The fraction of sp³-hybridized carbons (Fsp3) is 0.222. The van der Waals surface area contributed by atoms with Gasteiger partial charge in [-0.3, -0.25) is 19.7 Å². The van der Waals surface area contributed by atoms with Gasteiger partial charge in [0, 0.05) is 17.4 Å². The molecule has 1 heterocycles. The molecule has 7 nitrogen and oxygen atoms in total. The molecular formula is C18H14F3N3O4S. The van der Waals surface area contributed by atoms with E-state index in [-0.39, 0.29) is 23.5 Å². The number of nitrogens with one attached hydrogen (secondary N) is 2. The molecule has 0 aromatic heterocycles. The molecule has 1 aliphatic heterocycles. The predicted molar refractivity (Wildman–Crippen MR) is 101 cm³/mol. The lowest BCUT2D eigenvalue weighted by Crippen LogP contribution is -2.32. The van der Waals surface area contributed by atoms with Crippen LogP contribution < -0.4 is 10.6 Å². The molecule has 0 saturated carbocycles. The number of hydrogen-bond acceptors (Lipinski definition) is 5. The Kier molecular flexibility index (Phi) is 5.51. The summed E-state index contributed by atoms with van der Waals surface area (Å²) in [6, 6.07) is 7.28. The number of nitro groups is 1. The first-order chi connectivity index (χ1) is 13.5. The van der Waals surface area contributed by atoms with Crippen molar-refractivity contribution in [2.45, 2.75) is 29.7 Å². The smallest absolute Gasteiger partial charge is 0.324 e. The minimum Gasteiger partial charge on any atom is -0.324 e. The third-order valence-corrected chi connectivity index (χ3v) is 5.40. The van der Waals surface area contributed by atoms with Gasteiger partial charge in [0.05, 0.1) is 21.4 Å². The second-order valence-electron chi connectivity index (χ2n) is 6.33. The van der Waals surface area contributed by atoms with Crippen LogP contribution in [0.4, 0.5) is 30.2 Å². The van der Waals surface area contributed by atoms with E-state index in [0.717, 1.165) is 23.9 Å². The third-order valence-electron chi connectivity index (χ3n) is 4.12. The molecule has 152 valence electrons. The fourth-order valence-corrected chi connectivity index (χ4v) is 3.82. The van der Waals surface area contributed by atoms with E-state index in [9.17, 15) is 32.9 Å². The monoisotopic (exact) mass is 425 g/mol. The maximum atomic E-state index is 12.8. The van der Waals surface area contributed by atoms with Gasteiger partial charge in [-0.2, -0.15) is 13.2 Å². The lowest BCUT2D eigenvalue weighted by Gasteiger charge is -2.24. The molecule has 2 aromatic carbocycles. The van der Waals surface area contributed by atoms with E-state index in [1.165, 1.54) is 18.2 Å². The molecule has 2 amide bonds. The number of fused-ring (bicyclic) bond motifs is 1. The highest BCUT2D eigenvalue weighted by Crippen LogP contribution is 2.40. The number of carbonyl (C=O) groups is 2. The van der Waals surface area contributed by atoms with Crippen molar-refractivity contribution in [3.05, 3.63) is 57.6 Å². The standard InChI is InChI=1S/C18H14F3N3O4S/c1-9-2-4-11(13(6-9)24(27)28)22-16(25)8-15-17(26)23-12-7-10(18(19,20)21)3-5-14(12)29-15/h2-7,15H,8H2,1H3,(H,22,25)(H,23,26)/t15-/m1/s1. The van der Waals surface area contributed by atoms with Crippen molar-refractivity contribution < 1.29 is 27.7 Å². The summed E-state index contributed by atoms with van der Waals surface area (Å²) >= 11 is 0.962. The summed E-state index contributed by atoms with van der Waals surface area (Å²) in [6.45, 7) is 1.67. The van der Waals surface area contributed by atoms with Crippen molar-refractivity contribution in [2.24, 2.45) is 0 Å². The van der Waals surface area contributed by atoms with Gasteiger partial charge in [-0.05, 0) is 36.8 Å². The number of benzene rings is 2. The Hall–Kier alpha value is -3.08. The lowest BCUT2D eigenvalue weighted by molar-refractivity contribution is -0.384. The van der Waals surface area contributed by atoms with Gasteiger partial charge in [0.25, 0.3) is 5.69 Å². The molecule has 11 heteroatoms. The quantitative estimate of drug-likeness (QED) is 0.560. The number of anilines is 2. The molecule has 0 radical (unpaired) electrons. The highest BCUT2D eigenvalue weighted by atomic mass is 32.2. The first-order valence-electron chi connectivity index (χ1n) is 8.28. The van der Waals surface area contributed by atoms with Crippen LogP contribution in [0.3, 0.4) is 0 Å². The first kappa shape index (κ1) is 20.6. The van der Waals surface area contributed by atoms with Gasteiger partial charge in [0.2, 0.25) is 11.8 Å². The van der Waals surface area contributed by atoms with E-state index in [2.05, 4.69) is 10.6 Å². The number of nitrogens with zero attached hydrogens (tertiary/aromatic N) is 1. The number of alkyl halides is 3. The largest absolute Gasteiger partial charge is 0.416 e. The first-order valence-corrected chi connectivity index (χ1v) is 9.16. The van der Waals surface area contributed by atoms with Gasteiger partial charge in [-0.1, -0.05) is 6.07 Å². The molecule has 1 atom stereocenters. The Bertz CT molecular complexity index is 1010. The van der Waals surface area contributed by atoms with Crippen LogP contribution in [0, 0.1) is 17.0 Å². The van der Waals surface area contributed by atoms with Crippen LogP contribution in [0.25, 0.3) is 0 Å². The molecule has 0 spiro atoms. The zero-order chi connectivity index (χ0) is 21.3. The number of thioether (sulfide) groups is 1. The number of aryl methyl sites for hydroxylation is 1. The van der Waals surface area contributed by atoms with E-state index < -0.39 is 33.7 Å². The molecule has 2 aromatic rings. The van der Waals surface area contributed by atoms with Crippen LogP contribution in [0.15, 0.2) is 41.3 Å². The zero-order valence-corrected chi connectivity index (χ0v) is 15.7. The van der Waals surface area contributed by atoms with Crippen molar-refractivity contribution in [1.29, 1.82) is 0 Å². The number of rotatable bonds is 4. The van der Waals surface area contributed by atoms with Crippen molar-refractivity contribution in [1.82, 2.24) is 0 Å². The average molecular weight is 425 g/mol. The summed E-state index contributed by atoms with van der Waals surface area (Å²) in [7, 11) is 0. The molecule has 0 bridgehead atoms. The van der Waals surface area contributed by atoms with Gasteiger partial charge in [-0.25, -0.2) is 0 Å². The number of nitro benzene ring substituents is 1. The van der Waals surface area contributed by atoms with E-state index in [1.54, 1.807) is 13.0 Å². The van der Waals surface area contributed by atoms with Crippen LogP contribution in [-0.2, 0) is 15.8 Å². The number of halogens is 3. The molecule has 29 heavy (non-hydrogen) atoms. The minimum atomic E-state index is -4.54. The fourth-order valence-electron chi connectivity index (χ4n) is 2.73. The predicted octanol–water partition coefficient (Wildman–Crippen LogP) is 4.36. The topological polar surface area (TPSA) is 101 Å². The van der Waals surface area contributed by atoms with Crippen LogP contribution >= 0.6 is 11.8 Å². The van der Waals surface area contributed by atoms with E-state index >= 15 is 0 Å².